The van der Waals surface area contributed by atoms with Crippen molar-refractivity contribution in [2.45, 2.75) is 49.9 Å². The quantitative estimate of drug-likeness (QED) is 0.133. The standard InChI is InChI=1S/C31H34N4O8/c32-23(15-19-7-3-1-4-8-19)28(39)33-24(17-21-11-13-22(36)14-12-21)29(40)34-25(16-20-9-5-2-6-10-20)30(41)35-26(31(42)43)18-27(37)38/h1-14,23-26,36H,15-18,32H2,(H,33,39)(H,34,40)(H,35,41)(H,37,38)(H,42,43). The molecule has 0 bridgehead atoms. The van der Waals surface area contributed by atoms with Crippen molar-refractivity contribution in [3.8, 4) is 5.75 Å². The number of carboxylic acids is 2. The lowest BCUT2D eigenvalue weighted by atomic mass is 10.0. The lowest BCUT2D eigenvalue weighted by molar-refractivity contribution is -0.147. The maximum Gasteiger partial charge on any atom is 0.326 e. The topological polar surface area (TPSA) is 208 Å². The first-order chi connectivity index (χ1) is 20.5. The SMILES string of the molecule is NC(Cc1ccccc1)C(=O)NC(Cc1ccc(O)cc1)C(=O)NC(Cc1ccccc1)C(=O)NC(CC(=O)O)C(=O)O. The number of amides is 3. The molecule has 3 amide bonds. The fourth-order valence-electron chi connectivity index (χ4n) is 4.29. The molecule has 12 nitrogen and oxygen atoms in total. The number of hydrogen-bond donors (Lipinski definition) is 7. The molecule has 43 heavy (non-hydrogen) atoms. The number of carbonyl (C=O) groups is 5. The smallest absolute Gasteiger partial charge is 0.326 e. The minimum atomic E-state index is -1.73. The lowest BCUT2D eigenvalue weighted by Crippen LogP contribution is -2.58. The summed E-state index contributed by atoms with van der Waals surface area (Å²) in [5, 5.41) is 35.6. The molecule has 0 aliphatic heterocycles. The van der Waals surface area contributed by atoms with Crippen molar-refractivity contribution >= 4 is 29.7 Å². The van der Waals surface area contributed by atoms with Crippen molar-refractivity contribution < 1.29 is 39.3 Å². The zero-order valence-corrected chi connectivity index (χ0v) is 23.2. The Morgan fingerprint density at radius 1 is 0.581 bits per heavy atom. The van der Waals surface area contributed by atoms with Gasteiger partial charge in [-0.25, -0.2) is 4.79 Å². The van der Waals surface area contributed by atoms with E-state index in [0.29, 0.717) is 11.1 Å². The number of aliphatic carboxylic acids is 2. The lowest BCUT2D eigenvalue weighted by Gasteiger charge is -2.25. The van der Waals surface area contributed by atoms with E-state index in [0.717, 1.165) is 5.56 Å². The van der Waals surface area contributed by atoms with Gasteiger partial charge in [0.2, 0.25) is 17.7 Å². The minimum absolute atomic E-state index is 0.00705. The van der Waals surface area contributed by atoms with Gasteiger partial charge in [-0.05, 0) is 35.2 Å². The van der Waals surface area contributed by atoms with E-state index in [9.17, 15) is 34.2 Å². The highest BCUT2D eigenvalue weighted by Crippen LogP contribution is 2.13. The van der Waals surface area contributed by atoms with E-state index >= 15 is 0 Å². The van der Waals surface area contributed by atoms with Crippen LogP contribution in [0.5, 0.6) is 5.75 Å². The zero-order chi connectivity index (χ0) is 31.4. The van der Waals surface area contributed by atoms with Gasteiger partial charge in [0.25, 0.3) is 0 Å². The Kier molecular flexibility index (Phi) is 11.8. The molecule has 3 rings (SSSR count). The van der Waals surface area contributed by atoms with Crippen LogP contribution in [-0.2, 0) is 43.2 Å². The number of carboxylic acid groups (broad SMARTS) is 2. The van der Waals surface area contributed by atoms with Gasteiger partial charge in [0.1, 0.15) is 23.9 Å². The third-order valence-electron chi connectivity index (χ3n) is 6.55. The minimum Gasteiger partial charge on any atom is -0.508 e. The molecule has 4 unspecified atom stereocenters. The molecule has 4 atom stereocenters. The van der Waals surface area contributed by atoms with Crippen LogP contribution in [0, 0.1) is 0 Å². The van der Waals surface area contributed by atoms with Gasteiger partial charge in [-0.1, -0.05) is 72.8 Å². The Morgan fingerprint density at radius 3 is 1.47 bits per heavy atom. The molecule has 0 radical (unpaired) electrons. The molecule has 12 heteroatoms. The number of rotatable bonds is 15. The van der Waals surface area contributed by atoms with Crippen molar-refractivity contribution in [3.05, 3.63) is 102 Å². The molecule has 3 aromatic rings. The first kappa shape index (κ1) is 32.3. The van der Waals surface area contributed by atoms with Gasteiger partial charge in [-0.2, -0.15) is 0 Å². The van der Waals surface area contributed by atoms with Gasteiger partial charge in [0, 0.05) is 12.8 Å². The van der Waals surface area contributed by atoms with Crippen LogP contribution >= 0.6 is 0 Å². The Balaban J connectivity index is 1.84. The fourth-order valence-corrected chi connectivity index (χ4v) is 4.29. The number of benzene rings is 3. The molecule has 0 fully saturated rings. The largest absolute Gasteiger partial charge is 0.508 e. The van der Waals surface area contributed by atoms with Gasteiger partial charge in [0.05, 0.1) is 12.5 Å². The van der Waals surface area contributed by atoms with E-state index in [-0.39, 0.29) is 25.0 Å². The van der Waals surface area contributed by atoms with Crippen LogP contribution in [-0.4, -0.2) is 69.1 Å². The van der Waals surface area contributed by atoms with Crippen LogP contribution in [0.3, 0.4) is 0 Å². The number of hydrogen-bond acceptors (Lipinski definition) is 7. The predicted molar refractivity (Wildman–Crippen MR) is 156 cm³/mol. The highest BCUT2D eigenvalue weighted by Gasteiger charge is 2.31. The van der Waals surface area contributed by atoms with Gasteiger partial charge in [0.15, 0.2) is 0 Å². The molecule has 0 aliphatic carbocycles. The maximum absolute atomic E-state index is 13.6. The highest BCUT2D eigenvalue weighted by molar-refractivity contribution is 5.95. The normalized spacial score (nSPS) is 13.5. The monoisotopic (exact) mass is 590 g/mol. The third kappa shape index (κ3) is 10.6. The summed E-state index contributed by atoms with van der Waals surface area (Å²) in [4.78, 5) is 62.6. The number of phenolic OH excluding ortho intramolecular Hbond substituents is 1. The molecule has 0 aliphatic rings. The molecule has 0 aromatic heterocycles. The molecule has 0 heterocycles. The first-order valence-corrected chi connectivity index (χ1v) is 13.5. The van der Waals surface area contributed by atoms with Crippen LogP contribution < -0.4 is 21.7 Å². The number of carbonyl (C=O) groups excluding carboxylic acids is 3. The van der Waals surface area contributed by atoms with Gasteiger partial charge in [-0.15, -0.1) is 0 Å². The number of phenols is 1. The van der Waals surface area contributed by atoms with Crippen molar-refractivity contribution in [1.82, 2.24) is 16.0 Å². The third-order valence-corrected chi connectivity index (χ3v) is 6.55. The second-order valence-electron chi connectivity index (χ2n) is 9.98. The van der Waals surface area contributed by atoms with E-state index in [4.69, 9.17) is 10.8 Å². The van der Waals surface area contributed by atoms with E-state index in [1.807, 2.05) is 30.3 Å². The number of aromatic hydroxyl groups is 1. The molecular formula is C31H34N4O8. The van der Waals surface area contributed by atoms with Crippen molar-refractivity contribution in [3.63, 3.8) is 0 Å². The zero-order valence-electron chi connectivity index (χ0n) is 23.2. The first-order valence-electron chi connectivity index (χ1n) is 13.5. The van der Waals surface area contributed by atoms with Gasteiger partial charge >= 0.3 is 11.9 Å². The Labute approximate surface area is 247 Å². The number of nitrogens with one attached hydrogen (secondary N) is 3. The molecule has 0 saturated heterocycles. The summed E-state index contributed by atoms with van der Waals surface area (Å²) < 4.78 is 0. The van der Waals surface area contributed by atoms with Gasteiger partial charge in [-0.3, -0.25) is 19.2 Å². The summed E-state index contributed by atoms with van der Waals surface area (Å²) in [6, 6.07) is 18.4. The summed E-state index contributed by atoms with van der Waals surface area (Å²) >= 11 is 0. The Morgan fingerprint density at radius 2 is 1.00 bits per heavy atom. The average Bonchev–Trinajstić information content (AvgIpc) is 2.97. The molecule has 3 aromatic carbocycles. The molecular weight excluding hydrogens is 556 g/mol. The summed E-state index contributed by atoms with van der Waals surface area (Å²) in [6.45, 7) is 0. The molecule has 226 valence electrons. The summed E-state index contributed by atoms with van der Waals surface area (Å²) in [5.41, 5.74) is 8.18. The van der Waals surface area contributed by atoms with Crippen LogP contribution in [0.1, 0.15) is 23.1 Å². The van der Waals surface area contributed by atoms with Crippen LogP contribution in [0.4, 0.5) is 0 Å². The summed E-state index contributed by atoms with van der Waals surface area (Å²) in [5.74, 6) is -5.26. The maximum atomic E-state index is 13.6. The van der Waals surface area contributed by atoms with Crippen LogP contribution in [0.25, 0.3) is 0 Å². The summed E-state index contributed by atoms with van der Waals surface area (Å²) in [6.07, 6.45) is -0.733. The Bertz CT molecular complexity index is 1400. The molecule has 0 saturated carbocycles. The van der Waals surface area contributed by atoms with E-state index in [1.54, 1.807) is 42.5 Å². The van der Waals surface area contributed by atoms with Crippen molar-refractivity contribution in [2.24, 2.45) is 5.73 Å². The highest BCUT2D eigenvalue weighted by atomic mass is 16.4. The molecule has 8 N–H and O–H groups in total. The number of nitrogens with two attached hydrogens (primary N) is 1. The van der Waals surface area contributed by atoms with E-state index < -0.39 is 60.2 Å². The fraction of sp³-hybridized carbons (Fsp3) is 0.258. The van der Waals surface area contributed by atoms with Crippen LogP contribution in [0.15, 0.2) is 84.9 Å². The second kappa shape index (κ2) is 15.7. The Hall–Kier alpha value is -5.23. The van der Waals surface area contributed by atoms with Crippen molar-refractivity contribution in [2.75, 3.05) is 0 Å². The molecule has 0 spiro atoms. The van der Waals surface area contributed by atoms with E-state index in [2.05, 4.69) is 16.0 Å². The van der Waals surface area contributed by atoms with Crippen LogP contribution in [0.2, 0.25) is 0 Å². The van der Waals surface area contributed by atoms with Crippen molar-refractivity contribution in [1.29, 1.82) is 0 Å². The summed E-state index contributed by atoms with van der Waals surface area (Å²) in [7, 11) is 0. The van der Waals surface area contributed by atoms with E-state index in [1.165, 1.54) is 12.1 Å². The second-order valence-corrected chi connectivity index (χ2v) is 9.98. The van der Waals surface area contributed by atoms with Gasteiger partial charge < -0.3 is 37.0 Å². The average molecular weight is 591 g/mol. The predicted octanol–water partition coefficient (Wildman–Crippen LogP) is 0.761.